The zero-order valence-electron chi connectivity index (χ0n) is 9.29. The van der Waals surface area contributed by atoms with Gasteiger partial charge in [0.05, 0.1) is 0 Å². The number of carbonyl (C=O) groups is 1. The van der Waals surface area contributed by atoms with Crippen molar-refractivity contribution < 1.29 is 9.18 Å². The quantitative estimate of drug-likeness (QED) is 0.749. The Bertz CT molecular complexity index is 578. The molecule has 0 saturated carbocycles. The van der Waals surface area contributed by atoms with Gasteiger partial charge in [0.25, 0.3) is 0 Å². The largest absolute Gasteiger partial charge is 0.294 e. The molecule has 0 aliphatic rings. The molecule has 0 atom stereocenters. The third kappa shape index (κ3) is 3.40. The van der Waals surface area contributed by atoms with Crippen LogP contribution in [0.1, 0.15) is 15.9 Å². The van der Waals surface area contributed by atoms with Gasteiger partial charge in [0.15, 0.2) is 5.78 Å². The van der Waals surface area contributed by atoms with Crippen LogP contribution in [0, 0.1) is 5.82 Å². The van der Waals surface area contributed by atoms with E-state index >= 15 is 0 Å². The van der Waals surface area contributed by atoms with Crippen LogP contribution in [0.3, 0.4) is 0 Å². The molecule has 92 valence electrons. The van der Waals surface area contributed by atoms with Crippen LogP contribution < -0.4 is 0 Å². The molecule has 1 nitrogen and oxygen atoms in total. The van der Waals surface area contributed by atoms with Crippen LogP contribution in [0.4, 0.5) is 4.39 Å². The Morgan fingerprint density at radius 3 is 2.67 bits per heavy atom. The summed E-state index contributed by atoms with van der Waals surface area (Å²) in [6.07, 6.45) is 0.150. The van der Waals surface area contributed by atoms with Crippen LogP contribution in [-0.4, -0.2) is 5.78 Å². The summed E-state index contributed by atoms with van der Waals surface area (Å²) in [5.41, 5.74) is 1.16. The molecule has 0 N–H and O–H groups in total. The second kappa shape index (κ2) is 5.63. The number of carbonyl (C=O) groups excluding carboxylic acids is 1. The predicted molar refractivity (Wildman–Crippen MR) is 73.6 cm³/mol. The van der Waals surface area contributed by atoms with Gasteiger partial charge in [0.2, 0.25) is 0 Å². The minimum absolute atomic E-state index is 0.0880. The number of ketones is 1. The van der Waals surface area contributed by atoms with Gasteiger partial charge >= 0.3 is 0 Å². The van der Waals surface area contributed by atoms with Crippen LogP contribution in [0.2, 0.25) is 5.02 Å². The molecule has 0 amide bonds. The van der Waals surface area contributed by atoms with Crippen LogP contribution in [-0.2, 0) is 6.42 Å². The van der Waals surface area contributed by atoms with Crippen LogP contribution in [0.5, 0.6) is 0 Å². The average molecular weight is 328 g/mol. The van der Waals surface area contributed by atoms with E-state index in [-0.39, 0.29) is 18.0 Å². The van der Waals surface area contributed by atoms with Crippen molar-refractivity contribution in [3.8, 4) is 0 Å². The minimum atomic E-state index is -0.363. The normalized spacial score (nSPS) is 10.4. The molecule has 0 bridgehead atoms. The van der Waals surface area contributed by atoms with E-state index in [1.807, 2.05) is 0 Å². The topological polar surface area (TPSA) is 17.1 Å². The Morgan fingerprint density at radius 2 is 2.00 bits per heavy atom. The number of rotatable bonds is 3. The van der Waals surface area contributed by atoms with Crippen LogP contribution in [0.25, 0.3) is 0 Å². The van der Waals surface area contributed by atoms with Gasteiger partial charge in [-0.15, -0.1) is 0 Å². The fourth-order valence-electron chi connectivity index (χ4n) is 1.66. The average Bonchev–Trinajstić information content (AvgIpc) is 2.27. The maximum absolute atomic E-state index is 13.2. The van der Waals surface area contributed by atoms with Crippen molar-refractivity contribution in [2.24, 2.45) is 0 Å². The van der Waals surface area contributed by atoms with E-state index in [0.717, 1.165) is 0 Å². The molecule has 0 spiro atoms. The molecule has 0 saturated heterocycles. The molecule has 4 heteroatoms. The fraction of sp³-hybridized carbons (Fsp3) is 0.0714. The molecular formula is C14H9BrClFO. The van der Waals surface area contributed by atoms with Crippen molar-refractivity contribution in [1.82, 2.24) is 0 Å². The number of hydrogen-bond acceptors (Lipinski definition) is 1. The highest BCUT2D eigenvalue weighted by molar-refractivity contribution is 9.10. The number of halogens is 3. The first-order valence-electron chi connectivity index (χ1n) is 5.28. The molecule has 0 fully saturated rings. The number of benzene rings is 2. The van der Waals surface area contributed by atoms with Crippen molar-refractivity contribution in [2.45, 2.75) is 6.42 Å². The summed E-state index contributed by atoms with van der Waals surface area (Å²) in [4.78, 5) is 12.0. The van der Waals surface area contributed by atoms with Gasteiger partial charge in [-0.05, 0) is 35.9 Å². The Labute approximate surface area is 118 Å². The predicted octanol–water partition coefficient (Wildman–Crippen LogP) is 4.67. The standard InChI is InChI=1S/C14H9BrClFO/c15-11-4-9(5-13(17)8-11)6-14(18)10-2-1-3-12(16)7-10/h1-5,7-8H,6H2. The van der Waals surface area contributed by atoms with Gasteiger partial charge in [-0.25, -0.2) is 4.39 Å². The molecule has 0 unspecified atom stereocenters. The monoisotopic (exact) mass is 326 g/mol. The summed E-state index contributed by atoms with van der Waals surface area (Å²) in [7, 11) is 0. The third-order valence-electron chi connectivity index (χ3n) is 2.43. The molecule has 2 aromatic carbocycles. The van der Waals surface area contributed by atoms with Gasteiger partial charge in [-0.2, -0.15) is 0 Å². The minimum Gasteiger partial charge on any atom is -0.294 e. The van der Waals surface area contributed by atoms with E-state index < -0.39 is 0 Å². The lowest BCUT2D eigenvalue weighted by Gasteiger charge is -2.03. The highest BCUT2D eigenvalue weighted by atomic mass is 79.9. The van der Waals surface area contributed by atoms with Crippen molar-refractivity contribution in [2.75, 3.05) is 0 Å². The van der Waals surface area contributed by atoms with E-state index in [1.54, 1.807) is 30.3 Å². The summed E-state index contributed by atoms with van der Waals surface area (Å²) < 4.78 is 13.8. The van der Waals surface area contributed by atoms with Gasteiger partial charge in [0.1, 0.15) is 5.82 Å². The molecule has 2 aromatic rings. The molecule has 0 aliphatic carbocycles. The zero-order valence-corrected chi connectivity index (χ0v) is 11.6. The Balaban J connectivity index is 2.21. The molecule has 0 aliphatic heterocycles. The Hall–Kier alpha value is -1.19. The van der Waals surface area contributed by atoms with Gasteiger partial charge in [0, 0.05) is 21.5 Å². The smallest absolute Gasteiger partial charge is 0.167 e. The highest BCUT2D eigenvalue weighted by Crippen LogP contribution is 2.18. The maximum Gasteiger partial charge on any atom is 0.167 e. The Kier molecular flexibility index (Phi) is 4.15. The molecule has 0 radical (unpaired) electrons. The summed E-state index contributed by atoms with van der Waals surface area (Å²) in [5, 5.41) is 0.515. The second-order valence-corrected chi connectivity index (χ2v) is 5.24. The first kappa shape index (κ1) is 13.2. The fourth-order valence-corrected chi connectivity index (χ4v) is 2.37. The van der Waals surface area contributed by atoms with Crippen LogP contribution >= 0.6 is 27.5 Å². The van der Waals surface area contributed by atoms with Crippen molar-refractivity contribution in [3.05, 3.63) is 68.9 Å². The van der Waals surface area contributed by atoms with E-state index in [0.29, 0.717) is 20.6 Å². The Morgan fingerprint density at radius 1 is 1.22 bits per heavy atom. The lowest BCUT2D eigenvalue weighted by Crippen LogP contribution is -2.03. The lowest BCUT2D eigenvalue weighted by atomic mass is 10.0. The summed E-state index contributed by atoms with van der Waals surface area (Å²) in [5.74, 6) is -0.451. The first-order chi connectivity index (χ1) is 8.54. The summed E-state index contributed by atoms with van der Waals surface area (Å²) in [6.45, 7) is 0. The molecule has 0 aromatic heterocycles. The van der Waals surface area contributed by atoms with E-state index in [2.05, 4.69) is 15.9 Å². The lowest BCUT2D eigenvalue weighted by molar-refractivity contribution is 0.0993. The van der Waals surface area contributed by atoms with E-state index in [4.69, 9.17) is 11.6 Å². The maximum atomic E-state index is 13.2. The zero-order chi connectivity index (χ0) is 13.1. The summed E-state index contributed by atoms with van der Waals surface area (Å²) >= 11 is 9.02. The molecule has 18 heavy (non-hydrogen) atoms. The van der Waals surface area contributed by atoms with Crippen molar-refractivity contribution in [1.29, 1.82) is 0 Å². The van der Waals surface area contributed by atoms with Gasteiger partial charge < -0.3 is 0 Å². The van der Waals surface area contributed by atoms with Crippen molar-refractivity contribution >= 4 is 33.3 Å². The van der Waals surface area contributed by atoms with Crippen LogP contribution in [0.15, 0.2) is 46.9 Å². The van der Waals surface area contributed by atoms with Crippen molar-refractivity contribution in [3.63, 3.8) is 0 Å². The molecule has 0 heterocycles. The molecular weight excluding hydrogens is 319 g/mol. The van der Waals surface area contributed by atoms with E-state index in [9.17, 15) is 9.18 Å². The number of Topliss-reactive ketones (excluding diaryl/α,β-unsaturated/α-hetero) is 1. The van der Waals surface area contributed by atoms with Gasteiger partial charge in [-0.3, -0.25) is 4.79 Å². The number of hydrogen-bond donors (Lipinski definition) is 0. The SMILES string of the molecule is O=C(Cc1cc(F)cc(Br)c1)c1cccc(Cl)c1. The summed E-state index contributed by atoms with van der Waals surface area (Å²) in [6, 6.07) is 11.2. The first-order valence-corrected chi connectivity index (χ1v) is 6.45. The second-order valence-electron chi connectivity index (χ2n) is 3.89. The highest BCUT2D eigenvalue weighted by Gasteiger charge is 2.09. The third-order valence-corrected chi connectivity index (χ3v) is 3.13. The van der Waals surface area contributed by atoms with Gasteiger partial charge in [-0.1, -0.05) is 39.7 Å². The van der Waals surface area contributed by atoms with E-state index in [1.165, 1.54) is 12.1 Å². The molecule has 2 rings (SSSR count).